The lowest BCUT2D eigenvalue weighted by molar-refractivity contribution is -0.0280. The van der Waals surface area contributed by atoms with Gasteiger partial charge in [0, 0.05) is 55.4 Å². The second-order valence-electron chi connectivity index (χ2n) is 6.53. The summed E-state index contributed by atoms with van der Waals surface area (Å²) in [5.41, 5.74) is 2.77. The van der Waals surface area contributed by atoms with Gasteiger partial charge in [0.25, 0.3) is 0 Å². The molecule has 124 valence electrons. The number of hydrogen-bond donors (Lipinski definition) is 1. The third-order valence-corrected chi connectivity index (χ3v) is 4.92. The summed E-state index contributed by atoms with van der Waals surface area (Å²) in [6, 6.07) is 3.87. The van der Waals surface area contributed by atoms with Gasteiger partial charge in [-0.1, -0.05) is 13.0 Å². The summed E-state index contributed by atoms with van der Waals surface area (Å²) in [7, 11) is 0. The predicted molar refractivity (Wildman–Crippen MR) is 89.9 cm³/mol. The lowest BCUT2D eigenvalue weighted by atomic mass is 9.85. The number of hydrogen-bond acceptors (Lipinski definition) is 4. The van der Waals surface area contributed by atoms with Crippen molar-refractivity contribution in [2.75, 3.05) is 13.1 Å². The summed E-state index contributed by atoms with van der Waals surface area (Å²) in [5.74, 6) is 0. The number of aryl methyl sites for hydroxylation is 1. The average Bonchev–Trinajstić information content (AvgIpc) is 2.92. The molecule has 0 saturated carbocycles. The Balaban J connectivity index is 1.61. The Hall–Kier alpha value is -1.72. The molecule has 2 aromatic heterocycles. The first kappa shape index (κ1) is 16.1. The van der Waals surface area contributed by atoms with Crippen molar-refractivity contribution in [2.24, 2.45) is 0 Å². The van der Waals surface area contributed by atoms with Crippen LogP contribution < -0.4 is 0 Å². The van der Waals surface area contributed by atoms with Crippen LogP contribution in [-0.2, 0) is 18.7 Å². The fraction of sp³-hybridized carbons (Fsp3) is 0.556. The molecule has 0 spiro atoms. The Kier molecular flexibility index (Phi) is 4.78. The van der Waals surface area contributed by atoms with Crippen molar-refractivity contribution in [1.82, 2.24) is 19.7 Å². The minimum Gasteiger partial charge on any atom is -0.385 e. The predicted octanol–water partition coefficient (Wildman–Crippen LogP) is 2.48. The molecule has 5 nitrogen and oxygen atoms in total. The van der Waals surface area contributed by atoms with Gasteiger partial charge in [-0.2, -0.15) is 5.10 Å². The molecule has 1 aliphatic rings. The van der Waals surface area contributed by atoms with Crippen LogP contribution in [-0.4, -0.2) is 37.9 Å². The van der Waals surface area contributed by atoms with Crippen LogP contribution in [0.2, 0.25) is 0 Å². The molecule has 1 N–H and O–H groups in total. The smallest absolute Gasteiger partial charge is 0.0935 e. The lowest BCUT2D eigenvalue weighted by Gasteiger charge is -2.38. The fourth-order valence-corrected chi connectivity index (χ4v) is 3.33. The highest BCUT2D eigenvalue weighted by atomic mass is 16.3. The number of aliphatic hydroxyl groups is 1. The van der Waals surface area contributed by atoms with Crippen molar-refractivity contribution >= 4 is 0 Å². The van der Waals surface area contributed by atoms with Crippen molar-refractivity contribution in [1.29, 1.82) is 0 Å². The van der Waals surface area contributed by atoms with Crippen LogP contribution >= 0.6 is 0 Å². The van der Waals surface area contributed by atoms with E-state index >= 15 is 0 Å². The molecule has 3 heterocycles. The van der Waals surface area contributed by atoms with E-state index in [-0.39, 0.29) is 0 Å². The summed E-state index contributed by atoms with van der Waals surface area (Å²) in [5, 5.41) is 15.4. The van der Waals surface area contributed by atoms with E-state index in [0.29, 0.717) is 0 Å². The minimum atomic E-state index is -0.730. The number of aromatic nitrogens is 3. The molecule has 2 aromatic rings. The van der Waals surface area contributed by atoms with Crippen molar-refractivity contribution in [3.63, 3.8) is 0 Å². The summed E-state index contributed by atoms with van der Waals surface area (Å²) >= 11 is 0. The van der Waals surface area contributed by atoms with Crippen LogP contribution in [0.3, 0.4) is 0 Å². The van der Waals surface area contributed by atoms with Crippen LogP contribution in [0.1, 0.15) is 43.0 Å². The zero-order valence-electron chi connectivity index (χ0n) is 14.1. The molecule has 1 fully saturated rings. The zero-order valence-corrected chi connectivity index (χ0v) is 14.1. The van der Waals surface area contributed by atoms with E-state index in [9.17, 15) is 5.11 Å². The SMILES string of the molecule is CCCn1ncc(CN2CCC(O)(c3cccnc3)CC2)c1C. The van der Waals surface area contributed by atoms with Crippen LogP contribution in [0, 0.1) is 6.92 Å². The molecule has 0 unspecified atom stereocenters. The largest absolute Gasteiger partial charge is 0.385 e. The second-order valence-corrected chi connectivity index (χ2v) is 6.53. The van der Waals surface area contributed by atoms with Gasteiger partial charge < -0.3 is 5.11 Å². The fourth-order valence-electron chi connectivity index (χ4n) is 3.33. The van der Waals surface area contributed by atoms with Gasteiger partial charge in [-0.05, 0) is 32.3 Å². The molecular formula is C18H26N4O. The number of likely N-dealkylation sites (tertiary alicyclic amines) is 1. The Labute approximate surface area is 138 Å². The zero-order chi connectivity index (χ0) is 16.3. The average molecular weight is 314 g/mol. The first-order valence-corrected chi connectivity index (χ1v) is 8.49. The number of pyridine rings is 1. The summed E-state index contributed by atoms with van der Waals surface area (Å²) in [4.78, 5) is 6.55. The minimum absolute atomic E-state index is 0.730. The quantitative estimate of drug-likeness (QED) is 0.921. The van der Waals surface area contributed by atoms with Crippen molar-refractivity contribution < 1.29 is 5.11 Å². The number of nitrogens with zero attached hydrogens (tertiary/aromatic N) is 4. The van der Waals surface area contributed by atoms with Gasteiger partial charge in [0.15, 0.2) is 0 Å². The molecule has 0 atom stereocenters. The molecule has 0 amide bonds. The number of rotatable bonds is 5. The molecule has 3 rings (SSSR count). The molecule has 1 aliphatic heterocycles. The molecule has 0 radical (unpaired) electrons. The maximum atomic E-state index is 10.9. The summed E-state index contributed by atoms with van der Waals surface area (Å²) in [6.07, 6.45) is 8.13. The maximum Gasteiger partial charge on any atom is 0.0935 e. The van der Waals surface area contributed by atoms with E-state index in [1.165, 1.54) is 11.3 Å². The Morgan fingerprint density at radius 2 is 2.04 bits per heavy atom. The maximum absolute atomic E-state index is 10.9. The van der Waals surface area contributed by atoms with E-state index in [1.807, 2.05) is 18.3 Å². The topological polar surface area (TPSA) is 54.2 Å². The van der Waals surface area contributed by atoms with Crippen molar-refractivity contribution in [3.05, 3.63) is 47.5 Å². The highest BCUT2D eigenvalue weighted by molar-refractivity contribution is 5.20. The Morgan fingerprint density at radius 3 is 2.70 bits per heavy atom. The van der Waals surface area contributed by atoms with Crippen LogP contribution in [0.25, 0.3) is 0 Å². The van der Waals surface area contributed by atoms with Crippen molar-refractivity contribution in [3.8, 4) is 0 Å². The Bertz CT molecular complexity index is 630. The van der Waals surface area contributed by atoms with Gasteiger partial charge in [0.05, 0.1) is 11.8 Å². The van der Waals surface area contributed by atoms with Gasteiger partial charge in [-0.3, -0.25) is 14.6 Å². The molecule has 0 bridgehead atoms. The van der Waals surface area contributed by atoms with Gasteiger partial charge in [-0.15, -0.1) is 0 Å². The highest BCUT2D eigenvalue weighted by Gasteiger charge is 2.34. The van der Waals surface area contributed by atoms with E-state index in [0.717, 1.165) is 51.0 Å². The third kappa shape index (κ3) is 3.46. The van der Waals surface area contributed by atoms with Crippen molar-refractivity contribution in [2.45, 2.75) is 51.8 Å². The number of piperidine rings is 1. The molecular weight excluding hydrogens is 288 g/mol. The van der Waals surface area contributed by atoms with E-state index in [4.69, 9.17) is 0 Å². The van der Waals surface area contributed by atoms with Crippen LogP contribution in [0.5, 0.6) is 0 Å². The van der Waals surface area contributed by atoms with Crippen LogP contribution in [0.15, 0.2) is 30.7 Å². The standard InChI is InChI=1S/C18H26N4O/c1-3-9-22-15(2)16(12-20-22)14-21-10-6-18(23,7-11-21)17-5-4-8-19-13-17/h4-5,8,12-13,23H,3,6-7,9-11,14H2,1-2H3. The van der Waals surface area contributed by atoms with E-state index < -0.39 is 5.60 Å². The van der Waals surface area contributed by atoms with E-state index in [2.05, 4.69) is 33.5 Å². The summed E-state index contributed by atoms with van der Waals surface area (Å²) < 4.78 is 2.09. The highest BCUT2D eigenvalue weighted by Crippen LogP contribution is 2.32. The molecule has 1 saturated heterocycles. The van der Waals surface area contributed by atoms with Gasteiger partial charge >= 0.3 is 0 Å². The monoisotopic (exact) mass is 314 g/mol. The van der Waals surface area contributed by atoms with Gasteiger partial charge in [0.2, 0.25) is 0 Å². The normalized spacial score (nSPS) is 18.2. The second kappa shape index (κ2) is 6.81. The van der Waals surface area contributed by atoms with E-state index in [1.54, 1.807) is 12.4 Å². The molecule has 5 heteroatoms. The van der Waals surface area contributed by atoms with Gasteiger partial charge in [0.1, 0.15) is 0 Å². The first-order chi connectivity index (χ1) is 11.1. The van der Waals surface area contributed by atoms with Crippen LogP contribution in [0.4, 0.5) is 0 Å². The third-order valence-electron chi connectivity index (χ3n) is 4.92. The van der Waals surface area contributed by atoms with Gasteiger partial charge in [-0.25, -0.2) is 0 Å². The summed E-state index contributed by atoms with van der Waals surface area (Å²) in [6.45, 7) is 8.00. The molecule has 0 aliphatic carbocycles. The lowest BCUT2D eigenvalue weighted by Crippen LogP contribution is -2.42. The first-order valence-electron chi connectivity index (χ1n) is 8.49. The molecule has 23 heavy (non-hydrogen) atoms. The Morgan fingerprint density at radius 1 is 1.26 bits per heavy atom. The molecule has 0 aromatic carbocycles.